The van der Waals surface area contributed by atoms with E-state index in [0.29, 0.717) is 0 Å². The molecule has 0 aromatic heterocycles. The fourth-order valence-corrected chi connectivity index (χ4v) is 1.16. The summed E-state index contributed by atoms with van der Waals surface area (Å²) in [5.74, 6) is 2.79. The molecule has 1 rings (SSSR count). The van der Waals surface area contributed by atoms with Gasteiger partial charge in [-0.1, -0.05) is 24.1 Å². The van der Waals surface area contributed by atoms with Gasteiger partial charge >= 0.3 is 0 Å². The third-order valence-electron chi connectivity index (χ3n) is 1.88. The molecule has 1 aromatic rings. The first-order valence-electron chi connectivity index (χ1n) is 4.27. The molecule has 0 saturated carbocycles. The Kier molecular flexibility index (Phi) is 3.22. The van der Waals surface area contributed by atoms with Crippen LogP contribution in [0.3, 0.4) is 0 Å². The Morgan fingerprint density at radius 1 is 1.38 bits per heavy atom. The summed E-state index contributed by atoms with van der Waals surface area (Å²) in [5, 5.41) is 3.05. The van der Waals surface area contributed by atoms with Crippen molar-refractivity contribution in [3.05, 3.63) is 29.8 Å². The number of rotatable bonds is 2. The summed E-state index contributed by atoms with van der Waals surface area (Å²) in [5.41, 5.74) is 7.70. The largest absolute Gasteiger partial charge is 0.398 e. The molecule has 0 unspecified atom stereocenters. The summed E-state index contributed by atoms with van der Waals surface area (Å²) in [6.07, 6.45) is 0. The lowest BCUT2D eigenvalue weighted by molar-refractivity contribution is 0.707. The second-order valence-electron chi connectivity index (χ2n) is 2.87. The van der Waals surface area contributed by atoms with Gasteiger partial charge in [-0.2, -0.15) is 0 Å². The highest BCUT2D eigenvalue weighted by atomic mass is 14.9. The van der Waals surface area contributed by atoms with Crippen molar-refractivity contribution in [2.75, 3.05) is 5.73 Å². The van der Waals surface area contributed by atoms with Gasteiger partial charge in [0.15, 0.2) is 0 Å². The van der Waals surface area contributed by atoms with Crippen LogP contribution in [0.15, 0.2) is 24.3 Å². The van der Waals surface area contributed by atoms with Crippen LogP contribution in [0.1, 0.15) is 25.5 Å². The third-order valence-corrected chi connectivity index (χ3v) is 1.88. The number of benzene rings is 1. The van der Waals surface area contributed by atoms with Crippen LogP contribution >= 0.6 is 0 Å². The minimum atomic E-state index is 0.175. The minimum Gasteiger partial charge on any atom is -0.398 e. The number of nitrogens with two attached hydrogens (primary N) is 1. The summed E-state index contributed by atoms with van der Waals surface area (Å²) < 4.78 is 0. The fourth-order valence-electron chi connectivity index (χ4n) is 1.16. The SMILES string of the molecule is CC#CN[C@H](C)c1ccccc1N. The first-order chi connectivity index (χ1) is 6.25. The highest BCUT2D eigenvalue weighted by molar-refractivity contribution is 5.48. The van der Waals surface area contributed by atoms with E-state index in [-0.39, 0.29) is 6.04 Å². The van der Waals surface area contributed by atoms with Gasteiger partial charge in [0.05, 0.1) is 6.04 Å². The number of nitrogens with one attached hydrogen (secondary N) is 1. The maximum Gasteiger partial charge on any atom is 0.0582 e. The molecule has 0 fully saturated rings. The molecular weight excluding hydrogens is 160 g/mol. The predicted molar refractivity (Wildman–Crippen MR) is 55.9 cm³/mol. The summed E-state index contributed by atoms with van der Waals surface area (Å²) in [4.78, 5) is 0. The molecule has 68 valence electrons. The summed E-state index contributed by atoms with van der Waals surface area (Å²) in [6.45, 7) is 3.84. The monoisotopic (exact) mass is 174 g/mol. The second kappa shape index (κ2) is 4.42. The lowest BCUT2D eigenvalue weighted by Crippen LogP contribution is -2.13. The van der Waals surface area contributed by atoms with Crippen LogP contribution in [0, 0.1) is 12.0 Å². The standard InChI is InChI=1S/C11H14N2/c1-3-8-13-9(2)10-6-4-5-7-11(10)12/h4-7,9,13H,12H2,1-2H3/t9-/m1/s1. The molecule has 0 aliphatic carbocycles. The van der Waals surface area contributed by atoms with Gasteiger partial charge in [0.2, 0.25) is 0 Å². The quantitative estimate of drug-likeness (QED) is 0.408. The van der Waals surface area contributed by atoms with Gasteiger partial charge in [-0.15, -0.1) is 0 Å². The lowest BCUT2D eigenvalue weighted by Gasteiger charge is -2.12. The molecule has 13 heavy (non-hydrogen) atoms. The molecule has 1 aromatic carbocycles. The van der Waals surface area contributed by atoms with E-state index in [1.165, 1.54) is 0 Å². The van der Waals surface area contributed by atoms with Crippen LogP contribution < -0.4 is 11.1 Å². The molecule has 0 saturated heterocycles. The van der Waals surface area contributed by atoms with E-state index in [2.05, 4.69) is 17.3 Å². The Bertz CT molecular complexity index is 333. The van der Waals surface area contributed by atoms with E-state index in [4.69, 9.17) is 5.73 Å². The van der Waals surface area contributed by atoms with E-state index in [1.54, 1.807) is 6.92 Å². The molecule has 0 radical (unpaired) electrons. The maximum atomic E-state index is 5.81. The molecule has 0 heterocycles. The van der Waals surface area contributed by atoms with Crippen LogP contribution in [0.2, 0.25) is 0 Å². The Balaban J connectivity index is 2.80. The molecule has 0 aliphatic heterocycles. The third kappa shape index (κ3) is 2.41. The number of hydrogen-bond donors (Lipinski definition) is 2. The van der Waals surface area contributed by atoms with Crippen molar-refractivity contribution in [1.82, 2.24) is 5.32 Å². The minimum absolute atomic E-state index is 0.175. The van der Waals surface area contributed by atoms with Crippen molar-refractivity contribution in [2.24, 2.45) is 0 Å². The smallest absolute Gasteiger partial charge is 0.0582 e. The molecule has 2 nitrogen and oxygen atoms in total. The second-order valence-corrected chi connectivity index (χ2v) is 2.87. The zero-order valence-electron chi connectivity index (χ0n) is 7.96. The van der Waals surface area contributed by atoms with Gasteiger partial charge < -0.3 is 11.1 Å². The Morgan fingerprint density at radius 3 is 2.69 bits per heavy atom. The van der Waals surface area contributed by atoms with Crippen molar-refractivity contribution < 1.29 is 0 Å². The number of anilines is 1. The number of hydrogen-bond acceptors (Lipinski definition) is 2. The normalized spacial score (nSPS) is 11.2. The molecular formula is C11H14N2. The Hall–Kier alpha value is -1.62. The number of para-hydroxylation sites is 1. The molecule has 0 spiro atoms. The van der Waals surface area contributed by atoms with Crippen molar-refractivity contribution in [2.45, 2.75) is 19.9 Å². The zero-order valence-corrected chi connectivity index (χ0v) is 7.96. The fraction of sp³-hybridized carbons (Fsp3) is 0.273. The van der Waals surface area contributed by atoms with Crippen LogP contribution in [-0.2, 0) is 0 Å². The van der Waals surface area contributed by atoms with Crippen molar-refractivity contribution >= 4 is 5.69 Å². The van der Waals surface area contributed by atoms with Gasteiger partial charge in [-0.25, -0.2) is 0 Å². The molecule has 0 bridgehead atoms. The van der Waals surface area contributed by atoms with Crippen molar-refractivity contribution in [1.29, 1.82) is 0 Å². The summed E-state index contributed by atoms with van der Waals surface area (Å²) in [6, 6.07) is 10.8. The molecule has 2 heteroatoms. The van der Waals surface area contributed by atoms with E-state index >= 15 is 0 Å². The highest BCUT2D eigenvalue weighted by Gasteiger charge is 2.05. The zero-order chi connectivity index (χ0) is 9.68. The van der Waals surface area contributed by atoms with E-state index in [1.807, 2.05) is 31.2 Å². The maximum absolute atomic E-state index is 5.81. The van der Waals surface area contributed by atoms with Crippen LogP contribution in [-0.4, -0.2) is 0 Å². The lowest BCUT2D eigenvalue weighted by atomic mass is 10.1. The molecule has 0 amide bonds. The topological polar surface area (TPSA) is 38.0 Å². The predicted octanol–water partition coefficient (Wildman–Crippen LogP) is 1.90. The van der Waals surface area contributed by atoms with Gasteiger partial charge in [-0.3, -0.25) is 0 Å². The van der Waals surface area contributed by atoms with Gasteiger partial charge in [-0.05, 0) is 25.5 Å². The van der Waals surface area contributed by atoms with Crippen LogP contribution in [0.25, 0.3) is 0 Å². The van der Waals surface area contributed by atoms with Crippen LogP contribution in [0.5, 0.6) is 0 Å². The Morgan fingerprint density at radius 2 is 2.08 bits per heavy atom. The average molecular weight is 174 g/mol. The molecule has 3 N–H and O–H groups in total. The molecule has 0 aliphatic rings. The van der Waals surface area contributed by atoms with Gasteiger partial charge in [0.1, 0.15) is 0 Å². The summed E-state index contributed by atoms with van der Waals surface area (Å²) in [7, 11) is 0. The average Bonchev–Trinajstić information content (AvgIpc) is 2.15. The van der Waals surface area contributed by atoms with Crippen molar-refractivity contribution in [3.63, 3.8) is 0 Å². The first kappa shape index (κ1) is 9.47. The van der Waals surface area contributed by atoms with Gasteiger partial charge in [0, 0.05) is 11.7 Å². The highest BCUT2D eigenvalue weighted by Crippen LogP contribution is 2.18. The molecule has 1 atom stereocenters. The first-order valence-corrected chi connectivity index (χ1v) is 4.27. The van der Waals surface area contributed by atoms with E-state index in [0.717, 1.165) is 11.3 Å². The van der Waals surface area contributed by atoms with Gasteiger partial charge in [0.25, 0.3) is 0 Å². The number of nitrogen functional groups attached to an aromatic ring is 1. The van der Waals surface area contributed by atoms with Crippen LogP contribution in [0.4, 0.5) is 5.69 Å². The summed E-state index contributed by atoms with van der Waals surface area (Å²) >= 11 is 0. The Labute approximate surface area is 79.1 Å². The van der Waals surface area contributed by atoms with Crippen molar-refractivity contribution in [3.8, 4) is 12.0 Å². The van der Waals surface area contributed by atoms with E-state index < -0.39 is 0 Å². The van der Waals surface area contributed by atoms with E-state index in [9.17, 15) is 0 Å².